The molecule has 0 N–H and O–H groups in total. The number of benzene rings is 1. The van der Waals surface area contributed by atoms with Crippen LogP contribution in [0.4, 0.5) is 0 Å². The van der Waals surface area contributed by atoms with Gasteiger partial charge in [-0.2, -0.15) is 0 Å². The zero-order chi connectivity index (χ0) is 13.1. The molecule has 3 heteroatoms. The van der Waals surface area contributed by atoms with E-state index in [1.54, 1.807) is 6.20 Å². The van der Waals surface area contributed by atoms with E-state index in [1.807, 2.05) is 35.2 Å². The van der Waals surface area contributed by atoms with E-state index in [2.05, 4.69) is 16.8 Å². The van der Waals surface area contributed by atoms with Gasteiger partial charge in [-0.1, -0.05) is 24.0 Å². The summed E-state index contributed by atoms with van der Waals surface area (Å²) in [6.07, 6.45) is 3.40. The van der Waals surface area contributed by atoms with Crippen molar-refractivity contribution in [3.05, 3.63) is 42.1 Å². The molecule has 1 saturated heterocycles. The van der Waals surface area contributed by atoms with E-state index in [-0.39, 0.29) is 5.91 Å². The van der Waals surface area contributed by atoms with Crippen molar-refractivity contribution in [2.45, 2.75) is 12.8 Å². The van der Waals surface area contributed by atoms with E-state index in [4.69, 9.17) is 0 Å². The number of amides is 1. The van der Waals surface area contributed by atoms with Crippen molar-refractivity contribution in [3.8, 4) is 11.8 Å². The van der Waals surface area contributed by atoms with Crippen molar-refractivity contribution in [1.82, 2.24) is 9.88 Å². The highest BCUT2D eigenvalue weighted by Gasteiger charge is 2.18. The van der Waals surface area contributed by atoms with Gasteiger partial charge >= 0.3 is 0 Å². The molecule has 3 nitrogen and oxygen atoms in total. The monoisotopic (exact) mass is 250 g/mol. The first-order valence-electron chi connectivity index (χ1n) is 6.45. The third kappa shape index (κ3) is 2.43. The Balaban J connectivity index is 1.84. The Morgan fingerprint density at radius 2 is 2.21 bits per heavy atom. The van der Waals surface area contributed by atoms with Crippen LogP contribution in [-0.2, 0) is 4.79 Å². The Labute approximate surface area is 112 Å². The fourth-order valence-corrected chi connectivity index (χ4v) is 2.31. The van der Waals surface area contributed by atoms with Crippen LogP contribution in [0.3, 0.4) is 0 Å². The third-order valence-corrected chi connectivity index (χ3v) is 3.31. The number of hydrogen-bond acceptors (Lipinski definition) is 2. The number of rotatable bonds is 1. The van der Waals surface area contributed by atoms with Crippen LogP contribution in [0, 0.1) is 11.8 Å². The highest BCUT2D eigenvalue weighted by molar-refractivity contribution is 5.84. The minimum absolute atomic E-state index is 0.217. The molecule has 1 aromatic heterocycles. The quantitative estimate of drug-likeness (QED) is 0.727. The van der Waals surface area contributed by atoms with Gasteiger partial charge in [-0.25, -0.2) is 0 Å². The third-order valence-electron chi connectivity index (χ3n) is 3.31. The van der Waals surface area contributed by atoms with Crippen LogP contribution in [0.15, 0.2) is 36.5 Å². The van der Waals surface area contributed by atoms with Crippen molar-refractivity contribution in [3.63, 3.8) is 0 Å². The number of hydrogen-bond donors (Lipinski definition) is 0. The number of aromatic nitrogens is 1. The van der Waals surface area contributed by atoms with Gasteiger partial charge in [-0.15, -0.1) is 0 Å². The Kier molecular flexibility index (Phi) is 3.16. The summed E-state index contributed by atoms with van der Waals surface area (Å²) in [6, 6.07) is 9.86. The van der Waals surface area contributed by atoms with E-state index in [1.165, 1.54) is 0 Å². The number of carbonyl (C=O) groups excluding carboxylic acids is 1. The van der Waals surface area contributed by atoms with Gasteiger partial charge in [0.25, 0.3) is 0 Å². The highest BCUT2D eigenvalue weighted by atomic mass is 16.2. The van der Waals surface area contributed by atoms with Gasteiger partial charge in [0, 0.05) is 30.1 Å². The molecule has 0 atom stereocenters. The van der Waals surface area contributed by atoms with Gasteiger partial charge in [0.15, 0.2) is 0 Å². The average Bonchev–Trinajstić information content (AvgIpc) is 2.85. The van der Waals surface area contributed by atoms with Crippen LogP contribution in [0.25, 0.3) is 10.9 Å². The smallest absolute Gasteiger partial charge is 0.223 e. The summed E-state index contributed by atoms with van der Waals surface area (Å²) in [4.78, 5) is 17.6. The molecule has 19 heavy (non-hydrogen) atoms. The zero-order valence-electron chi connectivity index (χ0n) is 10.6. The first kappa shape index (κ1) is 11.7. The molecule has 2 aromatic rings. The maximum absolute atomic E-state index is 11.5. The Bertz CT molecular complexity index is 676. The van der Waals surface area contributed by atoms with Crippen LogP contribution in [0.1, 0.15) is 18.4 Å². The standard InChI is InChI=1S/C16H14N2O/c19-16-9-4-12-18(16)11-3-6-13-5-1-8-15-14(13)7-2-10-17-15/h1-2,5,7-8,10H,4,9,11-12H2. The van der Waals surface area contributed by atoms with Crippen molar-refractivity contribution < 1.29 is 4.79 Å². The molecule has 0 aliphatic carbocycles. The normalized spacial score (nSPS) is 14.5. The van der Waals surface area contributed by atoms with Gasteiger partial charge in [0.05, 0.1) is 12.1 Å². The maximum atomic E-state index is 11.5. The van der Waals surface area contributed by atoms with Crippen molar-refractivity contribution >= 4 is 16.8 Å². The summed E-state index contributed by atoms with van der Waals surface area (Å²) >= 11 is 0. The van der Waals surface area contributed by atoms with Crippen LogP contribution >= 0.6 is 0 Å². The largest absolute Gasteiger partial charge is 0.332 e. The summed E-state index contributed by atoms with van der Waals surface area (Å²) in [7, 11) is 0. The molecule has 0 unspecified atom stereocenters. The number of likely N-dealkylation sites (tertiary alicyclic amines) is 1. The number of carbonyl (C=O) groups is 1. The van der Waals surface area contributed by atoms with Gasteiger partial charge in [-0.05, 0) is 24.6 Å². The minimum Gasteiger partial charge on any atom is -0.332 e. The topological polar surface area (TPSA) is 33.2 Å². The molecule has 0 bridgehead atoms. The molecule has 1 aliphatic rings. The second-order valence-corrected chi connectivity index (χ2v) is 4.60. The Hall–Kier alpha value is -2.34. The molecule has 1 fully saturated rings. The van der Waals surface area contributed by atoms with E-state index < -0.39 is 0 Å². The molecule has 0 spiro atoms. The fourth-order valence-electron chi connectivity index (χ4n) is 2.31. The molecule has 0 saturated carbocycles. The van der Waals surface area contributed by atoms with Crippen molar-refractivity contribution in [2.24, 2.45) is 0 Å². The molecule has 1 aromatic carbocycles. The summed E-state index contributed by atoms with van der Waals surface area (Å²) in [5, 5.41) is 1.06. The lowest BCUT2D eigenvalue weighted by Crippen LogP contribution is -2.24. The summed E-state index contributed by atoms with van der Waals surface area (Å²) in [5.74, 6) is 6.46. The number of fused-ring (bicyclic) bond motifs is 1. The first-order valence-corrected chi connectivity index (χ1v) is 6.45. The van der Waals surface area contributed by atoms with Gasteiger partial charge < -0.3 is 4.90 Å². The molecular formula is C16H14N2O. The van der Waals surface area contributed by atoms with E-state index in [9.17, 15) is 4.79 Å². The van der Waals surface area contributed by atoms with Crippen LogP contribution < -0.4 is 0 Å². The van der Waals surface area contributed by atoms with Gasteiger partial charge in [0.2, 0.25) is 5.91 Å². The lowest BCUT2D eigenvalue weighted by atomic mass is 10.1. The second kappa shape index (κ2) is 5.11. The van der Waals surface area contributed by atoms with Crippen LogP contribution in [-0.4, -0.2) is 28.9 Å². The predicted octanol–water partition coefficient (Wildman–Crippen LogP) is 2.21. The summed E-state index contributed by atoms with van der Waals surface area (Å²) in [6.45, 7) is 1.36. The fraction of sp³-hybridized carbons (Fsp3) is 0.250. The van der Waals surface area contributed by atoms with Gasteiger partial charge in [-0.3, -0.25) is 9.78 Å². The lowest BCUT2D eigenvalue weighted by Gasteiger charge is -2.10. The number of pyridine rings is 1. The molecule has 1 aliphatic heterocycles. The molecule has 94 valence electrons. The molecule has 0 radical (unpaired) electrons. The summed E-state index contributed by atoms with van der Waals surface area (Å²) < 4.78 is 0. The predicted molar refractivity (Wildman–Crippen MR) is 74.4 cm³/mol. The van der Waals surface area contributed by atoms with Crippen molar-refractivity contribution in [2.75, 3.05) is 13.1 Å². The molecule has 2 heterocycles. The van der Waals surface area contributed by atoms with Crippen molar-refractivity contribution in [1.29, 1.82) is 0 Å². The molecule has 3 rings (SSSR count). The maximum Gasteiger partial charge on any atom is 0.223 e. The summed E-state index contributed by atoms with van der Waals surface area (Å²) in [5.41, 5.74) is 1.92. The van der Waals surface area contributed by atoms with E-state index >= 15 is 0 Å². The lowest BCUT2D eigenvalue weighted by molar-refractivity contribution is -0.127. The number of nitrogens with zero attached hydrogens (tertiary/aromatic N) is 2. The second-order valence-electron chi connectivity index (χ2n) is 4.60. The van der Waals surface area contributed by atoms with Gasteiger partial charge in [0.1, 0.15) is 0 Å². The minimum atomic E-state index is 0.217. The van der Waals surface area contributed by atoms with Crippen LogP contribution in [0.5, 0.6) is 0 Å². The average molecular weight is 250 g/mol. The SMILES string of the molecule is O=C1CCCN1CC#Cc1cccc2ncccc12. The molecule has 1 amide bonds. The van der Waals surface area contributed by atoms with E-state index in [0.717, 1.165) is 29.4 Å². The van der Waals surface area contributed by atoms with Crippen LogP contribution in [0.2, 0.25) is 0 Å². The Morgan fingerprint density at radius 3 is 3.05 bits per heavy atom. The highest BCUT2D eigenvalue weighted by Crippen LogP contribution is 2.15. The first-order chi connectivity index (χ1) is 9.34. The Morgan fingerprint density at radius 1 is 1.26 bits per heavy atom. The zero-order valence-corrected chi connectivity index (χ0v) is 10.6. The molecular weight excluding hydrogens is 236 g/mol. The van der Waals surface area contributed by atoms with E-state index in [0.29, 0.717) is 13.0 Å².